The first-order valence-corrected chi connectivity index (χ1v) is 2.05. The Morgan fingerprint density at radius 1 is 1.88 bits per heavy atom. The van der Waals surface area contributed by atoms with Crippen LogP contribution in [-0.2, 0) is 4.79 Å². The van der Waals surface area contributed by atoms with E-state index in [1.165, 1.54) is 0 Å². The Bertz CT molecular complexity index is 102. The normalized spacial score (nSPS) is 17.4. The summed E-state index contributed by atoms with van der Waals surface area (Å²) in [6, 6.07) is 0. The molecule has 4 heteroatoms. The molecule has 1 atom stereocenters. The number of carbonyl (C=O) groups is 1. The summed E-state index contributed by atoms with van der Waals surface area (Å²) < 4.78 is 23.4. The third-order valence-electron chi connectivity index (χ3n) is 0.765. The van der Waals surface area contributed by atoms with E-state index in [0.717, 1.165) is 6.92 Å². The average Bonchev–Trinajstić information content (AvgIpc) is 1.67. The summed E-state index contributed by atoms with van der Waals surface area (Å²) in [5.41, 5.74) is 1.94. The van der Waals surface area contributed by atoms with E-state index >= 15 is 0 Å². The van der Waals surface area contributed by atoms with Crippen molar-refractivity contribution in [1.82, 2.24) is 0 Å². The van der Waals surface area contributed by atoms with E-state index in [1.807, 2.05) is 0 Å². The molecule has 0 aliphatic heterocycles. The molecule has 0 saturated carbocycles. The van der Waals surface area contributed by atoms with Crippen LogP contribution in [0.5, 0.6) is 0 Å². The van der Waals surface area contributed by atoms with Crippen LogP contribution >= 0.6 is 0 Å². The maximum atomic E-state index is 12.1. The minimum absolute atomic E-state index is 0.801. The number of amides is 1. The van der Waals surface area contributed by atoms with E-state index in [1.54, 1.807) is 0 Å². The lowest BCUT2D eigenvalue weighted by molar-refractivity contribution is -0.129. The van der Waals surface area contributed by atoms with Gasteiger partial charge in [-0.05, 0) is 6.92 Å². The third-order valence-corrected chi connectivity index (χ3v) is 0.765. The highest BCUT2D eigenvalue weighted by Gasteiger charge is 2.29. The number of halogens is 2. The van der Waals surface area contributed by atoms with Gasteiger partial charge in [0.1, 0.15) is 6.67 Å². The number of hydrogen-bond donors (Lipinski definition) is 1. The Kier molecular flexibility index (Phi) is 1.89. The maximum absolute atomic E-state index is 12.1. The van der Waals surface area contributed by atoms with Gasteiger partial charge in [0, 0.05) is 0 Å². The van der Waals surface area contributed by atoms with Crippen molar-refractivity contribution in [2.45, 2.75) is 12.6 Å². The first kappa shape index (κ1) is 7.33. The molecule has 0 spiro atoms. The molecular weight excluding hydrogens is 116 g/mol. The largest absolute Gasteiger partial charge is 0.367 e. The molecule has 2 nitrogen and oxygen atoms in total. The van der Waals surface area contributed by atoms with Crippen LogP contribution in [0.3, 0.4) is 0 Å². The van der Waals surface area contributed by atoms with Gasteiger partial charge in [0.05, 0.1) is 0 Å². The molecule has 8 heavy (non-hydrogen) atoms. The van der Waals surface area contributed by atoms with E-state index in [2.05, 4.69) is 5.73 Å². The first-order chi connectivity index (χ1) is 3.50. The van der Waals surface area contributed by atoms with Gasteiger partial charge in [0.2, 0.25) is 5.67 Å². The minimum Gasteiger partial charge on any atom is -0.367 e. The highest BCUT2D eigenvalue weighted by Crippen LogP contribution is 2.08. The summed E-state index contributed by atoms with van der Waals surface area (Å²) in [6.07, 6.45) is 0. The van der Waals surface area contributed by atoms with E-state index in [4.69, 9.17) is 0 Å². The van der Waals surface area contributed by atoms with Gasteiger partial charge in [-0.3, -0.25) is 4.79 Å². The fraction of sp³-hybridized carbons (Fsp3) is 0.750. The molecule has 0 fully saturated rings. The van der Waals surface area contributed by atoms with Crippen molar-refractivity contribution >= 4 is 5.91 Å². The van der Waals surface area contributed by atoms with Crippen molar-refractivity contribution in [2.75, 3.05) is 6.67 Å². The Balaban J connectivity index is 3.91. The number of alkyl halides is 2. The number of primary amides is 1. The van der Waals surface area contributed by atoms with Crippen LogP contribution in [0.1, 0.15) is 6.92 Å². The fourth-order valence-electron chi connectivity index (χ4n) is 0.0659. The van der Waals surface area contributed by atoms with E-state index < -0.39 is 18.3 Å². The lowest BCUT2D eigenvalue weighted by atomic mass is 10.1. The van der Waals surface area contributed by atoms with Crippen LogP contribution in [0.25, 0.3) is 0 Å². The van der Waals surface area contributed by atoms with Gasteiger partial charge in [-0.25, -0.2) is 8.78 Å². The molecule has 0 unspecified atom stereocenters. The summed E-state index contributed by atoms with van der Waals surface area (Å²) in [5.74, 6) is -1.26. The number of rotatable bonds is 2. The molecule has 0 aliphatic carbocycles. The monoisotopic (exact) mass is 123 g/mol. The van der Waals surface area contributed by atoms with Crippen molar-refractivity contribution in [2.24, 2.45) is 5.73 Å². The van der Waals surface area contributed by atoms with Crippen molar-refractivity contribution < 1.29 is 13.6 Å². The second kappa shape index (κ2) is 2.07. The molecular formula is C4H7F2NO. The molecule has 0 aromatic rings. The summed E-state index contributed by atoms with van der Waals surface area (Å²) in [6.45, 7) is -0.558. The van der Waals surface area contributed by atoms with Gasteiger partial charge in [-0.2, -0.15) is 0 Å². The van der Waals surface area contributed by atoms with Gasteiger partial charge in [-0.1, -0.05) is 0 Å². The van der Waals surface area contributed by atoms with Gasteiger partial charge < -0.3 is 5.73 Å². The highest BCUT2D eigenvalue weighted by atomic mass is 19.2. The summed E-state index contributed by atoms with van der Waals surface area (Å²) in [5, 5.41) is 0. The van der Waals surface area contributed by atoms with Crippen molar-refractivity contribution in [1.29, 1.82) is 0 Å². The topological polar surface area (TPSA) is 43.1 Å². The van der Waals surface area contributed by atoms with Crippen LogP contribution in [-0.4, -0.2) is 18.3 Å². The molecule has 1 amide bonds. The lowest BCUT2D eigenvalue weighted by Gasteiger charge is -2.08. The lowest BCUT2D eigenvalue weighted by Crippen LogP contribution is -2.38. The standard InChI is InChI=1S/C4H7F2NO/c1-4(6,2-5)3(7)8/h2H2,1H3,(H2,7,8)/t4-/m0/s1. The molecule has 0 bridgehead atoms. The van der Waals surface area contributed by atoms with Crippen LogP contribution in [0.15, 0.2) is 0 Å². The summed E-state index contributed by atoms with van der Waals surface area (Å²) in [7, 11) is 0. The quantitative estimate of drug-likeness (QED) is 0.558. The predicted molar refractivity (Wildman–Crippen MR) is 24.7 cm³/mol. The predicted octanol–water partition coefficient (Wildman–Crippen LogP) is 0.169. The van der Waals surface area contributed by atoms with E-state index in [0.29, 0.717) is 0 Å². The van der Waals surface area contributed by atoms with Crippen LogP contribution in [0.4, 0.5) is 8.78 Å². The number of carbonyl (C=O) groups excluding carboxylic acids is 1. The number of nitrogens with two attached hydrogens (primary N) is 1. The van der Waals surface area contributed by atoms with Crippen molar-refractivity contribution in [3.63, 3.8) is 0 Å². The number of hydrogen-bond acceptors (Lipinski definition) is 1. The molecule has 48 valence electrons. The SMILES string of the molecule is C[C@](F)(CF)C(N)=O. The molecule has 0 aliphatic rings. The van der Waals surface area contributed by atoms with Crippen molar-refractivity contribution in [3.8, 4) is 0 Å². The van der Waals surface area contributed by atoms with E-state index in [9.17, 15) is 13.6 Å². The minimum atomic E-state index is -2.49. The van der Waals surface area contributed by atoms with Gasteiger partial charge in [-0.15, -0.1) is 0 Å². The van der Waals surface area contributed by atoms with E-state index in [-0.39, 0.29) is 0 Å². The smallest absolute Gasteiger partial charge is 0.257 e. The van der Waals surface area contributed by atoms with Gasteiger partial charge in [0.25, 0.3) is 5.91 Å². The third kappa shape index (κ3) is 1.44. The van der Waals surface area contributed by atoms with Crippen LogP contribution in [0, 0.1) is 0 Å². The second-order valence-corrected chi connectivity index (χ2v) is 1.70. The Morgan fingerprint density at radius 3 is 2.25 bits per heavy atom. The molecule has 0 aromatic carbocycles. The molecule has 0 rings (SSSR count). The zero-order valence-electron chi connectivity index (χ0n) is 4.45. The van der Waals surface area contributed by atoms with Crippen molar-refractivity contribution in [3.05, 3.63) is 0 Å². The Hall–Kier alpha value is -0.670. The fourth-order valence-corrected chi connectivity index (χ4v) is 0.0659. The first-order valence-electron chi connectivity index (χ1n) is 2.05. The second-order valence-electron chi connectivity index (χ2n) is 1.70. The van der Waals surface area contributed by atoms with Gasteiger partial charge in [0.15, 0.2) is 0 Å². The summed E-state index contributed by atoms with van der Waals surface area (Å²) in [4.78, 5) is 9.86. The Morgan fingerprint density at radius 2 is 2.25 bits per heavy atom. The molecule has 0 aromatic heterocycles. The molecule has 0 saturated heterocycles. The zero-order chi connectivity index (χ0) is 6.78. The van der Waals surface area contributed by atoms with Crippen LogP contribution in [0.2, 0.25) is 0 Å². The molecule has 2 N–H and O–H groups in total. The highest BCUT2D eigenvalue weighted by molar-refractivity contribution is 5.82. The molecule has 0 heterocycles. The summed E-state index contributed by atoms with van der Waals surface area (Å²) >= 11 is 0. The zero-order valence-corrected chi connectivity index (χ0v) is 4.45. The van der Waals surface area contributed by atoms with Crippen LogP contribution < -0.4 is 5.73 Å². The molecule has 0 radical (unpaired) electrons. The Labute approximate surface area is 45.7 Å². The average molecular weight is 123 g/mol. The van der Waals surface area contributed by atoms with Gasteiger partial charge >= 0.3 is 0 Å². The maximum Gasteiger partial charge on any atom is 0.257 e.